The van der Waals surface area contributed by atoms with E-state index in [9.17, 15) is 10.2 Å². The third-order valence-corrected chi connectivity index (χ3v) is 9.96. The monoisotopic (exact) mass is 402 g/mol. The highest BCUT2D eigenvalue weighted by molar-refractivity contribution is 6.74. The number of benzene rings is 2. The zero-order valence-electron chi connectivity index (χ0n) is 17.6. The van der Waals surface area contributed by atoms with E-state index in [1.807, 2.05) is 60.7 Å². The Balaban J connectivity index is 2.35. The topological polar surface area (TPSA) is 58.9 Å². The van der Waals surface area contributed by atoms with Gasteiger partial charge in [-0.25, -0.2) is 0 Å². The van der Waals surface area contributed by atoms with Gasteiger partial charge >= 0.3 is 0 Å². The zero-order valence-corrected chi connectivity index (χ0v) is 18.6. The molecule has 0 unspecified atom stereocenters. The quantitative estimate of drug-likeness (QED) is 0.598. The Morgan fingerprint density at radius 1 is 0.929 bits per heavy atom. The van der Waals surface area contributed by atoms with Gasteiger partial charge in [0.25, 0.3) is 0 Å². The second-order valence-corrected chi connectivity index (χ2v) is 13.5. The lowest BCUT2D eigenvalue weighted by Gasteiger charge is -2.42. The average molecular weight is 403 g/mol. The van der Waals surface area contributed by atoms with E-state index in [2.05, 4.69) is 33.9 Å². The van der Waals surface area contributed by atoms with Crippen LogP contribution in [0.4, 0.5) is 0 Å². The number of rotatable bonds is 9. The van der Waals surface area contributed by atoms with E-state index in [1.54, 1.807) is 0 Å². The molecule has 0 fully saturated rings. The van der Waals surface area contributed by atoms with Crippen molar-refractivity contribution in [3.05, 3.63) is 71.8 Å². The normalized spacial score (nSPS) is 15.8. The minimum atomic E-state index is -2.15. The molecule has 0 amide bonds. The molecule has 2 aromatic rings. The molecule has 3 atom stereocenters. The maximum Gasteiger partial charge on any atom is 0.193 e. The summed E-state index contributed by atoms with van der Waals surface area (Å²) in [6.45, 7) is 10.9. The maximum atomic E-state index is 10.6. The van der Waals surface area contributed by atoms with Crippen LogP contribution in [0.25, 0.3) is 0 Å². The molecular formula is C23H34O4Si. The van der Waals surface area contributed by atoms with Gasteiger partial charge in [0.1, 0.15) is 12.2 Å². The summed E-state index contributed by atoms with van der Waals surface area (Å²) in [5.74, 6) is 0. The second kappa shape index (κ2) is 9.81. The van der Waals surface area contributed by atoms with Gasteiger partial charge in [0.05, 0.1) is 19.3 Å². The Morgan fingerprint density at radius 3 is 1.96 bits per heavy atom. The van der Waals surface area contributed by atoms with Gasteiger partial charge in [-0.15, -0.1) is 0 Å². The lowest BCUT2D eigenvalue weighted by Crippen LogP contribution is -2.47. The van der Waals surface area contributed by atoms with Crippen molar-refractivity contribution in [3.63, 3.8) is 0 Å². The van der Waals surface area contributed by atoms with Crippen LogP contribution in [-0.4, -0.2) is 37.3 Å². The van der Waals surface area contributed by atoms with E-state index in [-0.39, 0.29) is 11.6 Å². The molecule has 0 aliphatic heterocycles. The average Bonchev–Trinajstić information content (AvgIpc) is 2.67. The first-order valence-electron chi connectivity index (χ1n) is 9.83. The molecule has 2 rings (SSSR count). The fraction of sp³-hybridized carbons (Fsp3) is 0.478. The first-order valence-corrected chi connectivity index (χ1v) is 12.7. The summed E-state index contributed by atoms with van der Waals surface area (Å²) in [5, 5.41) is 20.3. The van der Waals surface area contributed by atoms with Gasteiger partial charge in [-0.3, -0.25) is 0 Å². The van der Waals surface area contributed by atoms with E-state index in [1.165, 1.54) is 0 Å². The predicted octanol–water partition coefficient (Wildman–Crippen LogP) is 4.69. The van der Waals surface area contributed by atoms with Crippen molar-refractivity contribution in [1.82, 2.24) is 0 Å². The van der Waals surface area contributed by atoms with Gasteiger partial charge in [0.15, 0.2) is 8.32 Å². The highest BCUT2D eigenvalue weighted by Crippen LogP contribution is 2.41. The summed E-state index contributed by atoms with van der Waals surface area (Å²) < 4.78 is 12.8. The van der Waals surface area contributed by atoms with Crippen molar-refractivity contribution in [2.45, 2.75) is 63.8 Å². The molecule has 28 heavy (non-hydrogen) atoms. The first-order chi connectivity index (χ1) is 13.2. The SMILES string of the molecule is CC(C)(C)[Si](C)(C)O[C@@H](c1ccccc1)[C@H](OCc1ccccc1)[C@@H](O)CO. The molecule has 2 N–H and O–H groups in total. The summed E-state index contributed by atoms with van der Waals surface area (Å²) in [5.41, 5.74) is 1.95. The number of hydrogen-bond acceptors (Lipinski definition) is 4. The largest absolute Gasteiger partial charge is 0.407 e. The van der Waals surface area contributed by atoms with E-state index in [4.69, 9.17) is 9.16 Å². The lowest BCUT2D eigenvalue weighted by molar-refractivity contribution is -0.116. The Bertz CT molecular complexity index is 698. The minimum absolute atomic E-state index is 0.00811. The molecule has 0 heterocycles. The summed E-state index contributed by atoms with van der Waals surface area (Å²) >= 11 is 0. The van der Waals surface area contributed by atoms with Crippen LogP contribution < -0.4 is 0 Å². The van der Waals surface area contributed by atoms with Crippen LogP contribution in [0.2, 0.25) is 18.1 Å². The highest BCUT2D eigenvalue weighted by Gasteiger charge is 2.42. The molecule has 4 nitrogen and oxygen atoms in total. The van der Waals surface area contributed by atoms with Crippen molar-refractivity contribution < 1.29 is 19.4 Å². The van der Waals surface area contributed by atoms with Crippen LogP contribution in [0.3, 0.4) is 0 Å². The fourth-order valence-corrected chi connectivity index (χ4v) is 3.99. The Morgan fingerprint density at radius 2 is 1.46 bits per heavy atom. The molecule has 0 saturated carbocycles. The Hall–Kier alpha value is -1.50. The van der Waals surface area contributed by atoms with Crippen molar-refractivity contribution >= 4 is 8.32 Å². The molecule has 0 aromatic heterocycles. The van der Waals surface area contributed by atoms with Crippen molar-refractivity contribution in [3.8, 4) is 0 Å². The third-order valence-electron chi connectivity index (χ3n) is 5.51. The number of aliphatic hydroxyl groups is 2. The first kappa shape index (κ1) is 22.8. The van der Waals surface area contributed by atoms with Crippen molar-refractivity contribution in [2.75, 3.05) is 6.61 Å². The highest BCUT2D eigenvalue weighted by atomic mass is 28.4. The van der Waals surface area contributed by atoms with Gasteiger partial charge in [0, 0.05) is 0 Å². The van der Waals surface area contributed by atoms with E-state index < -0.39 is 26.6 Å². The van der Waals surface area contributed by atoms with Gasteiger partial charge in [-0.1, -0.05) is 81.4 Å². The van der Waals surface area contributed by atoms with Gasteiger partial charge in [0.2, 0.25) is 0 Å². The minimum Gasteiger partial charge on any atom is -0.407 e. The van der Waals surface area contributed by atoms with E-state index >= 15 is 0 Å². The molecular weight excluding hydrogens is 368 g/mol. The maximum absolute atomic E-state index is 10.6. The summed E-state index contributed by atoms with van der Waals surface area (Å²) in [4.78, 5) is 0. The number of hydrogen-bond donors (Lipinski definition) is 2. The zero-order chi connectivity index (χ0) is 20.8. The van der Waals surface area contributed by atoms with Crippen molar-refractivity contribution in [1.29, 1.82) is 0 Å². The van der Waals surface area contributed by atoms with Crippen LogP contribution in [0.15, 0.2) is 60.7 Å². The summed E-state index contributed by atoms with van der Waals surface area (Å²) in [6, 6.07) is 19.7. The standard InChI is InChI=1S/C23H34O4Si/c1-23(2,3)28(4,5)27-21(19-14-10-7-11-15-19)22(20(25)16-24)26-17-18-12-8-6-9-13-18/h6-15,20-22,24-25H,16-17H2,1-5H3/t20-,21-,22+/m0/s1. The smallest absolute Gasteiger partial charge is 0.193 e. The lowest BCUT2D eigenvalue weighted by atomic mass is 10.0. The fourth-order valence-electron chi connectivity index (χ4n) is 2.73. The predicted molar refractivity (Wildman–Crippen MR) is 116 cm³/mol. The van der Waals surface area contributed by atoms with E-state index in [0.717, 1.165) is 11.1 Å². The van der Waals surface area contributed by atoms with Crippen LogP contribution >= 0.6 is 0 Å². The molecule has 5 heteroatoms. The summed E-state index contributed by atoms with van der Waals surface area (Å²) in [6.07, 6.45) is -2.19. The van der Waals surface area contributed by atoms with Crippen LogP contribution in [-0.2, 0) is 15.8 Å². The van der Waals surface area contributed by atoms with E-state index in [0.29, 0.717) is 6.61 Å². The molecule has 0 saturated heterocycles. The third kappa shape index (κ3) is 6.00. The van der Waals surface area contributed by atoms with Crippen LogP contribution in [0.1, 0.15) is 38.0 Å². The van der Waals surface area contributed by atoms with Gasteiger partial charge in [-0.05, 0) is 29.3 Å². The van der Waals surface area contributed by atoms with Crippen LogP contribution in [0, 0.1) is 0 Å². The van der Waals surface area contributed by atoms with Crippen molar-refractivity contribution in [2.24, 2.45) is 0 Å². The Labute approximate surface area is 170 Å². The molecule has 0 bridgehead atoms. The molecule has 0 aliphatic carbocycles. The molecule has 0 radical (unpaired) electrons. The molecule has 0 aliphatic rings. The Kier molecular flexibility index (Phi) is 7.98. The number of ether oxygens (including phenoxy) is 1. The molecule has 154 valence electrons. The van der Waals surface area contributed by atoms with Gasteiger partial charge in [-0.2, -0.15) is 0 Å². The molecule has 0 spiro atoms. The van der Waals surface area contributed by atoms with Gasteiger partial charge < -0.3 is 19.4 Å². The molecule has 2 aromatic carbocycles. The van der Waals surface area contributed by atoms with Crippen LogP contribution in [0.5, 0.6) is 0 Å². The summed E-state index contributed by atoms with van der Waals surface area (Å²) in [7, 11) is -2.15. The number of aliphatic hydroxyl groups excluding tert-OH is 2. The second-order valence-electron chi connectivity index (χ2n) is 8.72.